The zero-order valence-corrected chi connectivity index (χ0v) is 49.4. The summed E-state index contributed by atoms with van der Waals surface area (Å²) in [6.07, 6.45) is 0. The van der Waals surface area contributed by atoms with Gasteiger partial charge < -0.3 is 9.80 Å². The molecule has 0 saturated carbocycles. The van der Waals surface area contributed by atoms with Gasteiger partial charge in [0, 0.05) is 27.9 Å². The molecule has 0 N–H and O–H groups in total. The molecule has 2 nitrogen and oxygen atoms in total. The smallest absolute Gasteiger partial charge is 0.0714 e. The molecule has 2 aliphatic heterocycles. The Morgan fingerprint density at radius 1 is 0.241 bits per heavy atom. The quantitative estimate of drug-likeness (QED) is 0.135. The largest absolute Gasteiger partial charge is 0.310 e. The summed E-state index contributed by atoms with van der Waals surface area (Å²) < 4.78 is 0. The molecule has 13 aromatic carbocycles. The molecule has 414 valence electrons. The summed E-state index contributed by atoms with van der Waals surface area (Å²) in [5.74, 6) is 0. The van der Waals surface area contributed by atoms with Gasteiger partial charge in [-0.25, -0.2) is 0 Å². The standard InChI is InChI=1S/C85H64N2/c1-83(2)76-52-63(59-27-15-7-16-28-59)40-49-80(76)87-81-50-41-64(60-29-17-8-18-30-60)53-77(81)84(3,4)79-55-66(54-78(83)82(79)87)65-39-47-72-73-48-46-71(56-75(73)85(74(72)51-65,67-31-19-9-20-32-67)68-33-21-10-22-34-68)86(69-42-35-61(36-43-69)57-23-11-5-12-24-57)70-44-37-62(38-45-70)58-25-13-6-14-26-58/h5-56H,1-4H3. The Morgan fingerprint density at radius 2 is 0.540 bits per heavy atom. The Kier molecular flexibility index (Phi) is 12.2. The topological polar surface area (TPSA) is 6.48 Å². The summed E-state index contributed by atoms with van der Waals surface area (Å²) in [6, 6.07) is 118. The molecule has 13 aromatic rings. The lowest BCUT2D eigenvalue weighted by Gasteiger charge is -2.50. The van der Waals surface area contributed by atoms with Crippen molar-refractivity contribution in [3.05, 3.63) is 360 Å². The molecule has 0 amide bonds. The maximum atomic E-state index is 2.60. The maximum Gasteiger partial charge on any atom is 0.0714 e. The molecule has 0 atom stereocenters. The Balaban J connectivity index is 0.901. The third-order valence-corrected chi connectivity index (χ3v) is 19.3. The van der Waals surface area contributed by atoms with Crippen LogP contribution in [-0.4, -0.2) is 0 Å². The Bertz CT molecular complexity index is 4500. The van der Waals surface area contributed by atoms with Crippen LogP contribution in [0.3, 0.4) is 0 Å². The lowest BCUT2D eigenvalue weighted by molar-refractivity contribution is 0.598. The second kappa shape index (κ2) is 20.3. The van der Waals surface area contributed by atoms with E-state index in [0.29, 0.717) is 0 Å². The van der Waals surface area contributed by atoms with Crippen molar-refractivity contribution in [2.75, 3.05) is 9.80 Å². The molecular weight excluding hydrogens is 1050 g/mol. The van der Waals surface area contributed by atoms with Crippen LogP contribution >= 0.6 is 0 Å². The van der Waals surface area contributed by atoms with Gasteiger partial charge in [0.25, 0.3) is 0 Å². The van der Waals surface area contributed by atoms with Crippen LogP contribution < -0.4 is 9.80 Å². The molecule has 2 heterocycles. The van der Waals surface area contributed by atoms with E-state index in [1.807, 2.05) is 0 Å². The first-order valence-corrected chi connectivity index (χ1v) is 30.6. The number of hydrogen-bond acceptors (Lipinski definition) is 2. The van der Waals surface area contributed by atoms with Gasteiger partial charge in [-0.2, -0.15) is 0 Å². The van der Waals surface area contributed by atoms with Crippen molar-refractivity contribution in [1.29, 1.82) is 0 Å². The van der Waals surface area contributed by atoms with Gasteiger partial charge in [-0.05, 0) is 190 Å². The molecule has 0 fully saturated rings. The molecule has 2 heteroatoms. The number of benzene rings is 13. The van der Waals surface area contributed by atoms with Gasteiger partial charge in [0.1, 0.15) is 0 Å². The second-order valence-corrected chi connectivity index (χ2v) is 24.8. The highest BCUT2D eigenvalue weighted by Crippen LogP contribution is 2.63. The van der Waals surface area contributed by atoms with E-state index in [1.54, 1.807) is 0 Å². The summed E-state index contributed by atoms with van der Waals surface area (Å²) in [5.41, 5.74) is 30.5. The highest BCUT2D eigenvalue weighted by Gasteiger charge is 2.49. The Labute approximate surface area is 511 Å². The zero-order valence-electron chi connectivity index (χ0n) is 49.4. The van der Waals surface area contributed by atoms with Crippen LogP contribution in [0.4, 0.5) is 34.1 Å². The normalized spacial score (nSPS) is 14.2. The van der Waals surface area contributed by atoms with Gasteiger partial charge in [0.15, 0.2) is 0 Å². The number of hydrogen-bond donors (Lipinski definition) is 0. The van der Waals surface area contributed by atoms with Crippen LogP contribution in [0.1, 0.15) is 72.2 Å². The SMILES string of the molecule is CC1(C)c2cc(-c3ccccc3)ccc2N2c3ccc(-c4ccccc4)cc3C(C)(C)c3cc(-c4ccc5c(c4)C(c4ccccc4)(c4ccccc4)c4cc(N(c6ccc(-c7ccccc7)cc6)c6ccc(-c7ccccc7)cc6)ccc4-5)cc1c32. The fourth-order valence-corrected chi connectivity index (χ4v) is 14.8. The van der Waals surface area contributed by atoms with Gasteiger partial charge in [0.05, 0.1) is 22.5 Å². The van der Waals surface area contributed by atoms with Crippen molar-refractivity contribution >= 4 is 34.1 Å². The van der Waals surface area contributed by atoms with Crippen LogP contribution in [0.25, 0.3) is 66.8 Å². The monoisotopic (exact) mass is 1110 g/mol. The van der Waals surface area contributed by atoms with Crippen molar-refractivity contribution in [2.45, 2.75) is 43.9 Å². The van der Waals surface area contributed by atoms with E-state index in [0.717, 1.165) is 17.1 Å². The number of rotatable bonds is 10. The van der Waals surface area contributed by atoms with E-state index >= 15 is 0 Å². The van der Waals surface area contributed by atoms with E-state index in [1.165, 1.54) is 128 Å². The molecule has 0 aromatic heterocycles. The molecule has 0 radical (unpaired) electrons. The molecule has 87 heavy (non-hydrogen) atoms. The summed E-state index contributed by atoms with van der Waals surface area (Å²) in [4.78, 5) is 5.04. The summed E-state index contributed by atoms with van der Waals surface area (Å²) in [6.45, 7) is 9.79. The summed E-state index contributed by atoms with van der Waals surface area (Å²) in [7, 11) is 0. The van der Waals surface area contributed by atoms with Gasteiger partial charge in [-0.15, -0.1) is 0 Å². The zero-order chi connectivity index (χ0) is 58.4. The van der Waals surface area contributed by atoms with Gasteiger partial charge >= 0.3 is 0 Å². The third kappa shape index (κ3) is 8.30. The Hall–Kier alpha value is -10.5. The first kappa shape index (κ1) is 52.0. The van der Waals surface area contributed by atoms with Crippen molar-refractivity contribution in [3.63, 3.8) is 0 Å². The minimum Gasteiger partial charge on any atom is -0.310 e. The highest BCUT2D eigenvalue weighted by molar-refractivity contribution is 5.97. The summed E-state index contributed by atoms with van der Waals surface area (Å²) >= 11 is 0. The van der Waals surface area contributed by atoms with Crippen molar-refractivity contribution in [2.24, 2.45) is 0 Å². The lowest BCUT2D eigenvalue weighted by Crippen LogP contribution is -2.38. The predicted octanol–water partition coefficient (Wildman–Crippen LogP) is 22.6. The van der Waals surface area contributed by atoms with Crippen LogP contribution in [0.15, 0.2) is 315 Å². The van der Waals surface area contributed by atoms with E-state index in [-0.39, 0.29) is 10.8 Å². The van der Waals surface area contributed by atoms with Crippen molar-refractivity contribution < 1.29 is 0 Å². The lowest BCUT2D eigenvalue weighted by atomic mass is 9.65. The maximum absolute atomic E-state index is 2.60. The minimum atomic E-state index is -0.684. The van der Waals surface area contributed by atoms with Crippen LogP contribution in [0.2, 0.25) is 0 Å². The average Bonchev–Trinajstić information content (AvgIpc) is 1.69. The molecular formula is C85H64N2. The van der Waals surface area contributed by atoms with Gasteiger partial charge in [0.2, 0.25) is 0 Å². The highest BCUT2D eigenvalue weighted by atomic mass is 15.2. The fraction of sp³-hybridized carbons (Fsp3) is 0.0824. The molecule has 0 saturated heterocycles. The molecule has 0 unspecified atom stereocenters. The number of fused-ring (bicyclic) bond motifs is 7. The first-order chi connectivity index (χ1) is 42.6. The van der Waals surface area contributed by atoms with Gasteiger partial charge in [-0.3, -0.25) is 0 Å². The molecule has 1 aliphatic carbocycles. The van der Waals surface area contributed by atoms with Crippen molar-refractivity contribution in [3.8, 4) is 66.8 Å². The third-order valence-electron chi connectivity index (χ3n) is 19.3. The van der Waals surface area contributed by atoms with Crippen LogP contribution in [0, 0.1) is 0 Å². The molecule has 16 rings (SSSR count). The van der Waals surface area contributed by atoms with Crippen LogP contribution in [0.5, 0.6) is 0 Å². The van der Waals surface area contributed by atoms with Gasteiger partial charge in [-0.1, -0.05) is 264 Å². The van der Waals surface area contributed by atoms with E-state index in [4.69, 9.17) is 0 Å². The van der Waals surface area contributed by atoms with Crippen molar-refractivity contribution in [1.82, 2.24) is 0 Å². The first-order valence-electron chi connectivity index (χ1n) is 30.6. The second-order valence-electron chi connectivity index (χ2n) is 24.8. The Morgan fingerprint density at radius 3 is 0.966 bits per heavy atom. The van der Waals surface area contributed by atoms with Crippen LogP contribution in [-0.2, 0) is 16.2 Å². The average molecular weight is 1110 g/mol. The number of anilines is 6. The number of nitrogens with zero attached hydrogens (tertiary/aromatic N) is 2. The van der Waals surface area contributed by atoms with E-state index in [9.17, 15) is 0 Å². The predicted molar refractivity (Wildman–Crippen MR) is 365 cm³/mol. The van der Waals surface area contributed by atoms with E-state index in [2.05, 4.69) is 353 Å². The fourth-order valence-electron chi connectivity index (χ4n) is 14.8. The van der Waals surface area contributed by atoms with E-state index < -0.39 is 5.41 Å². The molecule has 3 aliphatic rings. The minimum absolute atomic E-state index is 0.356. The molecule has 0 spiro atoms. The molecule has 0 bridgehead atoms. The summed E-state index contributed by atoms with van der Waals surface area (Å²) in [5, 5.41) is 0.